The van der Waals surface area contributed by atoms with Crippen molar-refractivity contribution in [2.24, 2.45) is 0 Å². The topological polar surface area (TPSA) is 56.7 Å². The number of aliphatic hydroxyl groups excluding tert-OH is 1. The summed E-state index contributed by atoms with van der Waals surface area (Å²) in [6.07, 6.45) is 3.15. The van der Waals surface area contributed by atoms with Gasteiger partial charge in [-0.2, -0.15) is 0 Å². The summed E-state index contributed by atoms with van der Waals surface area (Å²) in [5, 5.41) is 8.92. The molecule has 0 radical (unpaired) electrons. The molecule has 31 heavy (non-hydrogen) atoms. The highest BCUT2D eigenvalue weighted by molar-refractivity contribution is 5.97. The molecule has 1 fully saturated rings. The Morgan fingerprint density at radius 2 is 1.77 bits per heavy atom. The molecule has 1 N–H and O–H groups in total. The summed E-state index contributed by atoms with van der Waals surface area (Å²) in [5.41, 5.74) is 3.68. The molecule has 5 nitrogen and oxygen atoms in total. The third-order valence-corrected chi connectivity index (χ3v) is 6.07. The molecule has 3 rings (SSSR count). The first-order valence-corrected chi connectivity index (χ1v) is 11.5. The molecule has 1 aromatic carbocycles. The number of piperazine rings is 1. The molecule has 2 heterocycles. The van der Waals surface area contributed by atoms with E-state index in [1.807, 2.05) is 12.1 Å². The van der Waals surface area contributed by atoms with Crippen molar-refractivity contribution < 1.29 is 9.90 Å². The van der Waals surface area contributed by atoms with Crippen LogP contribution in [0.4, 0.5) is 5.82 Å². The van der Waals surface area contributed by atoms with E-state index in [4.69, 9.17) is 10.1 Å². The lowest BCUT2D eigenvalue weighted by molar-refractivity contribution is 0.101. The van der Waals surface area contributed by atoms with E-state index in [1.165, 1.54) is 0 Å². The molecule has 5 heteroatoms. The average Bonchev–Trinajstić information content (AvgIpc) is 2.76. The van der Waals surface area contributed by atoms with Crippen LogP contribution in [0.15, 0.2) is 36.4 Å². The minimum Gasteiger partial charge on any atom is -0.396 e. The van der Waals surface area contributed by atoms with Crippen molar-refractivity contribution in [2.45, 2.75) is 52.4 Å². The number of unbranched alkanes of at least 4 members (excludes halogenated alkanes) is 2. The van der Waals surface area contributed by atoms with Crippen LogP contribution in [0.5, 0.6) is 0 Å². The highest BCUT2D eigenvalue weighted by Gasteiger charge is 2.21. The van der Waals surface area contributed by atoms with Gasteiger partial charge in [0.2, 0.25) is 0 Å². The third kappa shape index (κ3) is 6.14. The Labute approximate surface area is 187 Å². The van der Waals surface area contributed by atoms with Crippen LogP contribution in [0, 0.1) is 0 Å². The third-order valence-electron chi connectivity index (χ3n) is 6.07. The number of Topliss-reactive ketones (excluding diaryl/α,β-unsaturated/α-hetero) is 1. The van der Waals surface area contributed by atoms with Gasteiger partial charge in [0.1, 0.15) is 5.82 Å². The summed E-state index contributed by atoms with van der Waals surface area (Å²) >= 11 is 0. The van der Waals surface area contributed by atoms with Gasteiger partial charge in [0.25, 0.3) is 0 Å². The van der Waals surface area contributed by atoms with Crippen LogP contribution in [0.3, 0.4) is 0 Å². The van der Waals surface area contributed by atoms with E-state index in [2.05, 4.69) is 54.8 Å². The fourth-order valence-corrected chi connectivity index (χ4v) is 4.23. The number of aromatic nitrogens is 1. The van der Waals surface area contributed by atoms with Crippen molar-refractivity contribution in [3.8, 4) is 11.3 Å². The number of ketones is 1. The fourth-order valence-electron chi connectivity index (χ4n) is 4.23. The smallest absolute Gasteiger partial charge is 0.160 e. The van der Waals surface area contributed by atoms with Crippen LogP contribution in [-0.2, 0) is 5.41 Å². The van der Waals surface area contributed by atoms with Crippen molar-refractivity contribution in [1.82, 2.24) is 9.88 Å². The predicted octanol–water partition coefficient (Wildman–Crippen LogP) is 4.53. The quantitative estimate of drug-likeness (QED) is 0.499. The summed E-state index contributed by atoms with van der Waals surface area (Å²) in [7, 11) is 0. The first kappa shape index (κ1) is 23.4. The first-order valence-electron chi connectivity index (χ1n) is 11.5. The molecular formula is C26H37N3O2. The number of hydrogen-bond acceptors (Lipinski definition) is 5. The standard InChI is InChI=1S/C26H37N3O2/c1-20(31)22-19-21(11-12-23(22)26(2,3)4)24-9-8-10-25(27-24)29-16-14-28(15-17-29)13-6-5-7-18-30/h8-12,19,30H,5-7,13-18H2,1-4H3. The second kappa shape index (κ2) is 10.4. The summed E-state index contributed by atoms with van der Waals surface area (Å²) in [6, 6.07) is 12.3. The second-order valence-corrected chi connectivity index (χ2v) is 9.56. The first-order chi connectivity index (χ1) is 14.8. The van der Waals surface area contributed by atoms with E-state index < -0.39 is 0 Å². The molecule has 0 saturated carbocycles. The highest BCUT2D eigenvalue weighted by atomic mass is 16.2. The largest absolute Gasteiger partial charge is 0.396 e. The molecule has 2 aromatic rings. The van der Waals surface area contributed by atoms with Crippen molar-refractivity contribution in [2.75, 3.05) is 44.2 Å². The van der Waals surface area contributed by atoms with Crippen LogP contribution in [0.25, 0.3) is 11.3 Å². The van der Waals surface area contributed by atoms with Gasteiger partial charge in [-0.05, 0) is 61.9 Å². The molecule has 0 aliphatic carbocycles. The Morgan fingerprint density at radius 1 is 1.03 bits per heavy atom. The molecule has 1 aliphatic rings. The van der Waals surface area contributed by atoms with Gasteiger partial charge in [-0.25, -0.2) is 4.98 Å². The molecule has 0 atom stereocenters. The zero-order valence-corrected chi connectivity index (χ0v) is 19.5. The van der Waals surface area contributed by atoms with Gasteiger partial charge in [0.05, 0.1) is 5.69 Å². The van der Waals surface area contributed by atoms with Crippen LogP contribution in [0.2, 0.25) is 0 Å². The maximum absolute atomic E-state index is 12.3. The SMILES string of the molecule is CC(=O)c1cc(-c2cccc(N3CCN(CCCCCO)CC3)n2)ccc1C(C)(C)C. The van der Waals surface area contributed by atoms with Gasteiger partial charge in [-0.3, -0.25) is 9.69 Å². The normalized spacial score (nSPS) is 15.3. The fraction of sp³-hybridized carbons (Fsp3) is 0.538. The molecule has 168 valence electrons. The molecule has 0 unspecified atom stereocenters. The van der Waals surface area contributed by atoms with Crippen molar-refractivity contribution in [1.29, 1.82) is 0 Å². The number of hydrogen-bond donors (Lipinski definition) is 1. The number of carbonyl (C=O) groups excluding carboxylic acids is 1. The highest BCUT2D eigenvalue weighted by Crippen LogP contribution is 2.30. The summed E-state index contributed by atoms with van der Waals surface area (Å²) < 4.78 is 0. The van der Waals surface area contributed by atoms with E-state index >= 15 is 0 Å². The van der Waals surface area contributed by atoms with Crippen molar-refractivity contribution in [3.05, 3.63) is 47.5 Å². The zero-order valence-electron chi connectivity index (χ0n) is 19.5. The number of anilines is 1. The summed E-state index contributed by atoms with van der Waals surface area (Å²) in [5.74, 6) is 1.10. The second-order valence-electron chi connectivity index (χ2n) is 9.56. The van der Waals surface area contributed by atoms with Gasteiger partial charge in [-0.15, -0.1) is 0 Å². The average molecular weight is 424 g/mol. The molecule has 1 aliphatic heterocycles. The maximum atomic E-state index is 12.3. The van der Waals surface area contributed by atoms with Gasteiger partial charge in [0, 0.05) is 43.9 Å². The van der Waals surface area contributed by atoms with Gasteiger partial charge in [-0.1, -0.05) is 39.0 Å². The van der Waals surface area contributed by atoms with E-state index in [-0.39, 0.29) is 11.2 Å². The monoisotopic (exact) mass is 423 g/mol. The molecule has 0 bridgehead atoms. The predicted molar refractivity (Wildman–Crippen MR) is 128 cm³/mol. The molecule has 0 amide bonds. The molecule has 1 aromatic heterocycles. The number of carbonyl (C=O) groups is 1. The van der Waals surface area contributed by atoms with Crippen LogP contribution < -0.4 is 4.90 Å². The number of pyridine rings is 1. The number of nitrogens with zero attached hydrogens (tertiary/aromatic N) is 3. The lowest BCUT2D eigenvalue weighted by atomic mass is 9.82. The van der Waals surface area contributed by atoms with Gasteiger partial charge < -0.3 is 10.0 Å². The number of aliphatic hydroxyl groups is 1. The van der Waals surface area contributed by atoms with Crippen molar-refractivity contribution >= 4 is 11.6 Å². The summed E-state index contributed by atoms with van der Waals surface area (Å²) in [6.45, 7) is 13.5. The van der Waals surface area contributed by atoms with Gasteiger partial charge >= 0.3 is 0 Å². The van der Waals surface area contributed by atoms with E-state index in [0.717, 1.165) is 80.2 Å². The number of rotatable bonds is 8. The Kier molecular flexibility index (Phi) is 7.84. The van der Waals surface area contributed by atoms with E-state index in [9.17, 15) is 4.79 Å². The summed E-state index contributed by atoms with van der Waals surface area (Å²) in [4.78, 5) is 22.1. The maximum Gasteiger partial charge on any atom is 0.160 e. The lowest BCUT2D eigenvalue weighted by Crippen LogP contribution is -2.46. The molecule has 0 spiro atoms. The molecule has 1 saturated heterocycles. The van der Waals surface area contributed by atoms with Crippen LogP contribution >= 0.6 is 0 Å². The Hall–Kier alpha value is -2.24. The minimum atomic E-state index is -0.0768. The van der Waals surface area contributed by atoms with E-state index in [1.54, 1.807) is 6.92 Å². The zero-order chi connectivity index (χ0) is 22.4. The van der Waals surface area contributed by atoms with Crippen LogP contribution in [-0.4, -0.2) is 60.1 Å². The Bertz CT molecular complexity index is 880. The van der Waals surface area contributed by atoms with Crippen LogP contribution in [0.1, 0.15) is 62.9 Å². The Balaban J connectivity index is 1.71. The van der Waals surface area contributed by atoms with Crippen molar-refractivity contribution in [3.63, 3.8) is 0 Å². The lowest BCUT2D eigenvalue weighted by Gasteiger charge is -2.35. The number of benzene rings is 1. The van der Waals surface area contributed by atoms with E-state index in [0.29, 0.717) is 6.61 Å². The Morgan fingerprint density at radius 3 is 2.42 bits per heavy atom. The minimum absolute atomic E-state index is 0.0768. The van der Waals surface area contributed by atoms with Gasteiger partial charge in [0.15, 0.2) is 5.78 Å². The molecular weight excluding hydrogens is 386 g/mol.